The standard InChI is InChI=1S/C14H30N2O/c1-12(10-14(2,3)17-5)16-9-7-6-8-13(16)11-15-4/h12-13,15H,6-11H2,1-5H3. The first-order chi connectivity index (χ1) is 8.00. The van der Waals surface area contributed by atoms with Crippen LogP contribution in [0.3, 0.4) is 0 Å². The van der Waals surface area contributed by atoms with Crippen molar-refractivity contribution >= 4 is 0 Å². The Kier molecular flexibility index (Phi) is 5.90. The number of rotatable bonds is 6. The van der Waals surface area contributed by atoms with Gasteiger partial charge in [0, 0.05) is 25.7 Å². The first-order valence-electron chi connectivity index (χ1n) is 6.95. The molecule has 0 aliphatic carbocycles. The molecule has 1 aliphatic rings. The molecular formula is C14H30N2O. The first kappa shape index (κ1) is 14.9. The van der Waals surface area contributed by atoms with Crippen LogP contribution < -0.4 is 5.32 Å². The molecule has 1 saturated heterocycles. The summed E-state index contributed by atoms with van der Waals surface area (Å²) >= 11 is 0. The second-order valence-electron chi connectivity index (χ2n) is 5.96. The largest absolute Gasteiger partial charge is 0.379 e. The van der Waals surface area contributed by atoms with Crippen molar-refractivity contribution in [2.75, 3.05) is 27.2 Å². The molecule has 1 fully saturated rings. The average molecular weight is 242 g/mol. The van der Waals surface area contributed by atoms with E-state index in [0.717, 1.165) is 13.0 Å². The lowest BCUT2D eigenvalue weighted by molar-refractivity contribution is -0.0170. The van der Waals surface area contributed by atoms with Gasteiger partial charge in [0.1, 0.15) is 0 Å². The van der Waals surface area contributed by atoms with Gasteiger partial charge in [0.05, 0.1) is 5.60 Å². The zero-order valence-electron chi connectivity index (χ0n) is 12.3. The van der Waals surface area contributed by atoms with Gasteiger partial charge in [-0.15, -0.1) is 0 Å². The smallest absolute Gasteiger partial charge is 0.0637 e. The van der Waals surface area contributed by atoms with Crippen LogP contribution in [0.5, 0.6) is 0 Å². The summed E-state index contributed by atoms with van der Waals surface area (Å²) in [6.45, 7) is 9.06. The molecule has 0 aromatic carbocycles. The molecule has 1 aliphatic heterocycles. The lowest BCUT2D eigenvalue weighted by Crippen LogP contribution is -2.50. The van der Waals surface area contributed by atoms with Crippen LogP contribution in [0.2, 0.25) is 0 Å². The van der Waals surface area contributed by atoms with Gasteiger partial charge in [-0.3, -0.25) is 4.90 Å². The fourth-order valence-corrected chi connectivity index (χ4v) is 2.97. The minimum Gasteiger partial charge on any atom is -0.379 e. The Balaban J connectivity index is 2.55. The van der Waals surface area contributed by atoms with Crippen molar-refractivity contribution in [3.05, 3.63) is 0 Å². The van der Waals surface area contributed by atoms with Gasteiger partial charge in [-0.2, -0.15) is 0 Å². The lowest BCUT2D eigenvalue weighted by atomic mass is 9.94. The maximum absolute atomic E-state index is 5.55. The molecule has 3 heteroatoms. The van der Waals surface area contributed by atoms with Gasteiger partial charge in [-0.25, -0.2) is 0 Å². The van der Waals surface area contributed by atoms with Crippen molar-refractivity contribution in [1.29, 1.82) is 0 Å². The fraction of sp³-hybridized carbons (Fsp3) is 1.00. The molecule has 0 spiro atoms. The number of likely N-dealkylation sites (N-methyl/N-ethyl adjacent to an activating group) is 1. The lowest BCUT2D eigenvalue weighted by Gasteiger charge is -2.42. The number of methoxy groups -OCH3 is 1. The van der Waals surface area contributed by atoms with E-state index in [1.54, 1.807) is 0 Å². The Labute approximate surface area is 107 Å². The van der Waals surface area contributed by atoms with Gasteiger partial charge in [0.15, 0.2) is 0 Å². The molecule has 2 atom stereocenters. The van der Waals surface area contributed by atoms with Gasteiger partial charge in [-0.05, 0) is 53.6 Å². The van der Waals surface area contributed by atoms with Gasteiger partial charge < -0.3 is 10.1 Å². The molecule has 0 aromatic heterocycles. The van der Waals surface area contributed by atoms with Crippen molar-refractivity contribution in [3.8, 4) is 0 Å². The minimum absolute atomic E-state index is 0.0128. The maximum atomic E-state index is 5.55. The predicted octanol–water partition coefficient (Wildman–Crippen LogP) is 2.26. The summed E-state index contributed by atoms with van der Waals surface area (Å²) in [5, 5.41) is 3.33. The van der Waals surface area contributed by atoms with Crippen LogP contribution in [0.4, 0.5) is 0 Å². The van der Waals surface area contributed by atoms with Crippen molar-refractivity contribution in [3.63, 3.8) is 0 Å². The Morgan fingerprint density at radius 2 is 2.12 bits per heavy atom. The van der Waals surface area contributed by atoms with E-state index in [9.17, 15) is 0 Å². The highest BCUT2D eigenvalue weighted by Gasteiger charge is 2.29. The van der Waals surface area contributed by atoms with E-state index < -0.39 is 0 Å². The number of nitrogens with one attached hydrogen (secondary N) is 1. The van der Waals surface area contributed by atoms with E-state index >= 15 is 0 Å². The van der Waals surface area contributed by atoms with E-state index in [4.69, 9.17) is 4.74 Å². The number of piperidine rings is 1. The number of ether oxygens (including phenoxy) is 1. The molecule has 0 aromatic rings. The van der Waals surface area contributed by atoms with Crippen LogP contribution in [0.15, 0.2) is 0 Å². The molecule has 102 valence electrons. The molecule has 1 N–H and O–H groups in total. The van der Waals surface area contributed by atoms with Crippen molar-refractivity contribution in [1.82, 2.24) is 10.2 Å². The van der Waals surface area contributed by atoms with Crippen LogP contribution in [0.1, 0.15) is 46.5 Å². The average Bonchev–Trinajstić information content (AvgIpc) is 2.29. The third-order valence-corrected chi connectivity index (χ3v) is 4.02. The van der Waals surface area contributed by atoms with Crippen LogP contribution in [0, 0.1) is 0 Å². The number of hydrogen-bond acceptors (Lipinski definition) is 3. The SMILES string of the molecule is CNCC1CCCCN1C(C)CC(C)(C)OC. The molecule has 1 rings (SSSR count). The molecule has 1 heterocycles. The Bertz CT molecular complexity index is 216. The van der Waals surface area contributed by atoms with Gasteiger partial charge in [0.25, 0.3) is 0 Å². The Morgan fingerprint density at radius 3 is 2.71 bits per heavy atom. The zero-order valence-corrected chi connectivity index (χ0v) is 12.3. The summed E-state index contributed by atoms with van der Waals surface area (Å²) in [7, 11) is 3.87. The molecule has 0 bridgehead atoms. The van der Waals surface area contributed by atoms with E-state index in [2.05, 4.69) is 38.0 Å². The summed E-state index contributed by atoms with van der Waals surface area (Å²) in [5.41, 5.74) is -0.0128. The summed E-state index contributed by atoms with van der Waals surface area (Å²) in [5.74, 6) is 0. The van der Waals surface area contributed by atoms with E-state index in [1.165, 1.54) is 25.8 Å². The van der Waals surface area contributed by atoms with Crippen molar-refractivity contribution in [2.24, 2.45) is 0 Å². The fourth-order valence-electron chi connectivity index (χ4n) is 2.97. The highest BCUT2D eigenvalue weighted by molar-refractivity contribution is 4.85. The van der Waals surface area contributed by atoms with Crippen LogP contribution in [-0.2, 0) is 4.74 Å². The normalized spacial score (nSPS) is 24.9. The maximum Gasteiger partial charge on any atom is 0.0637 e. The summed E-state index contributed by atoms with van der Waals surface area (Å²) in [6, 6.07) is 1.31. The zero-order chi connectivity index (χ0) is 12.9. The van der Waals surface area contributed by atoms with Crippen LogP contribution >= 0.6 is 0 Å². The summed E-state index contributed by atoms with van der Waals surface area (Å²) in [6.07, 6.45) is 5.16. The molecule has 0 radical (unpaired) electrons. The summed E-state index contributed by atoms with van der Waals surface area (Å²) in [4.78, 5) is 2.67. The van der Waals surface area contributed by atoms with Crippen LogP contribution in [0.25, 0.3) is 0 Å². The van der Waals surface area contributed by atoms with Crippen LogP contribution in [-0.4, -0.2) is 49.8 Å². The minimum atomic E-state index is -0.0128. The topological polar surface area (TPSA) is 24.5 Å². The molecule has 0 saturated carbocycles. The second kappa shape index (κ2) is 6.72. The number of likely N-dealkylation sites (tertiary alicyclic amines) is 1. The monoisotopic (exact) mass is 242 g/mol. The quantitative estimate of drug-likeness (QED) is 0.773. The third-order valence-electron chi connectivity index (χ3n) is 4.02. The highest BCUT2D eigenvalue weighted by atomic mass is 16.5. The van der Waals surface area contributed by atoms with Crippen molar-refractivity contribution in [2.45, 2.75) is 64.1 Å². The molecular weight excluding hydrogens is 212 g/mol. The van der Waals surface area contributed by atoms with Crippen molar-refractivity contribution < 1.29 is 4.74 Å². The molecule has 3 nitrogen and oxygen atoms in total. The molecule has 2 unspecified atom stereocenters. The predicted molar refractivity (Wildman–Crippen MR) is 73.4 cm³/mol. The molecule has 17 heavy (non-hydrogen) atoms. The Hall–Kier alpha value is -0.120. The third kappa shape index (κ3) is 4.57. The number of nitrogens with zero attached hydrogens (tertiary/aromatic N) is 1. The highest BCUT2D eigenvalue weighted by Crippen LogP contribution is 2.25. The van der Waals surface area contributed by atoms with Gasteiger partial charge >= 0.3 is 0 Å². The second-order valence-corrected chi connectivity index (χ2v) is 5.96. The molecule has 0 amide bonds. The van der Waals surface area contributed by atoms with E-state index in [0.29, 0.717) is 12.1 Å². The van der Waals surface area contributed by atoms with E-state index in [-0.39, 0.29) is 5.60 Å². The first-order valence-corrected chi connectivity index (χ1v) is 6.95. The summed E-state index contributed by atoms with van der Waals surface area (Å²) < 4.78 is 5.55. The van der Waals surface area contributed by atoms with E-state index in [1.807, 2.05) is 7.11 Å². The van der Waals surface area contributed by atoms with Gasteiger partial charge in [-0.1, -0.05) is 6.42 Å². The number of hydrogen-bond donors (Lipinski definition) is 1. The Morgan fingerprint density at radius 1 is 1.41 bits per heavy atom. The van der Waals surface area contributed by atoms with Gasteiger partial charge in [0.2, 0.25) is 0 Å².